The van der Waals surface area contributed by atoms with Crippen molar-refractivity contribution in [3.8, 4) is 0 Å². The Morgan fingerprint density at radius 1 is 1.23 bits per heavy atom. The molecule has 1 aromatic rings. The van der Waals surface area contributed by atoms with Gasteiger partial charge in [0.25, 0.3) is 5.92 Å². The smallest absolute Gasteiger partial charge is 0.297 e. The molecule has 1 atom stereocenters. The summed E-state index contributed by atoms with van der Waals surface area (Å²) >= 11 is 0. The lowest BCUT2D eigenvalue weighted by Crippen LogP contribution is -2.43. The summed E-state index contributed by atoms with van der Waals surface area (Å²) in [5.74, 6) is -4.33. The molecule has 0 aromatic heterocycles. The molecule has 2 nitrogen and oxygen atoms in total. The molecule has 1 aromatic carbocycles. The number of alkyl halides is 2. The molecular weight excluding hydrogens is 307 g/mol. The predicted octanol–water partition coefficient (Wildman–Crippen LogP) is 4.96. The van der Waals surface area contributed by atoms with Gasteiger partial charge in [-0.25, -0.2) is 4.39 Å². The van der Waals surface area contributed by atoms with Gasteiger partial charge in [0.1, 0.15) is 12.4 Å². The minimum atomic E-state index is -3.38. The fourth-order valence-corrected chi connectivity index (χ4v) is 2.72. The number of nitrogens with two attached hydrogens (primary N) is 1. The Balaban J connectivity index is 3.04. The van der Waals surface area contributed by atoms with E-state index in [0.717, 1.165) is 6.07 Å². The van der Waals surface area contributed by atoms with Crippen LogP contribution in [0.15, 0.2) is 18.2 Å². The summed E-state index contributed by atoms with van der Waals surface area (Å²) in [6, 6.07) is 3.28. The van der Waals surface area contributed by atoms with Crippen molar-refractivity contribution in [3.05, 3.63) is 35.1 Å². The van der Waals surface area contributed by atoms with E-state index in [2.05, 4.69) is 0 Å². The molecule has 0 bridgehead atoms. The molecule has 0 aliphatic carbocycles. The average molecular weight is 333 g/mol. The van der Waals surface area contributed by atoms with Crippen LogP contribution < -0.4 is 5.73 Å². The van der Waals surface area contributed by atoms with E-state index in [1.54, 1.807) is 6.92 Å². The fourth-order valence-electron chi connectivity index (χ4n) is 1.75. The molecule has 0 spiro atoms. The Bertz CT molecular complexity index is 525. The van der Waals surface area contributed by atoms with Gasteiger partial charge in [0, 0.05) is 11.6 Å². The van der Waals surface area contributed by atoms with Crippen LogP contribution in [0.3, 0.4) is 0 Å². The first-order chi connectivity index (χ1) is 9.79. The predicted molar refractivity (Wildman–Crippen MR) is 86.0 cm³/mol. The molecule has 0 amide bonds. The van der Waals surface area contributed by atoms with Crippen LogP contribution in [0, 0.1) is 5.82 Å². The van der Waals surface area contributed by atoms with Crippen LogP contribution >= 0.6 is 0 Å². The summed E-state index contributed by atoms with van der Waals surface area (Å²) < 4.78 is 48.6. The van der Waals surface area contributed by atoms with Crippen molar-refractivity contribution in [1.82, 2.24) is 0 Å². The van der Waals surface area contributed by atoms with E-state index in [4.69, 9.17) is 10.2 Å². The summed E-state index contributed by atoms with van der Waals surface area (Å²) in [7, 11) is -2.33. The standard InChI is InChI=1S/C16H26F3NOSi/c1-11(20)12-8-7-9-13(14(12)17)16(18,19)10-21-22(5,6)15(2,3)4/h7-9,11H,10,20H2,1-6H3/t11-/m1/s1. The molecule has 0 saturated carbocycles. The van der Waals surface area contributed by atoms with Gasteiger partial charge in [-0.3, -0.25) is 0 Å². The first kappa shape index (κ1) is 19.2. The maximum absolute atomic E-state index is 14.4. The summed E-state index contributed by atoms with van der Waals surface area (Å²) in [5.41, 5.74) is 5.05. The summed E-state index contributed by atoms with van der Waals surface area (Å²) in [5, 5.41) is -0.185. The van der Waals surface area contributed by atoms with Gasteiger partial charge in [-0.2, -0.15) is 8.78 Å². The van der Waals surface area contributed by atoms with Crippen LogP contribution in [0.25, 0.3) is 0 Å². The van der Waals surface area contributed by atoms with E-state index < -0.39 is 38.3 Å². The van der Waals surface area contributed by atoms with E-state index in [9.17, 15) is 13.2 Å². The SMILES string of the molecule is C[C@@H](N)c1cccc(C(F)(F)CO[Si](C)(C)C(C)(C)C)c1F. The van der Waals surface area contributed by atoms with Crippen molar-refractivity contribution >= 4 is 8.32 Å². The maximum Gasteiger partial charge on any atom is 0.297 e. The number of hydrogen-bond donors (Lipinski definition) is 1. The highest BCUT2D eigenvalue weighted by atomic mass is 28.4. The fraction of sp³-hybridized carbons (Fsp3) is 0.625. The second-order valence-electron chi connectivity index (χ2n) is 7.25. The molecule has 22 heavy (non-hydrogen) atoms. The minimum Gasteiger partial charge on any atom is -0.410 e. The van der Waals surface area contributed by atoms with Gasteiger partial charge in [0.2, 0.25) is 0 Å². The maximum atomic E-state index is 14.4. The lowest BCUT2D eigenvalue weighted by Gasteiger charge is -2.37. The van der Waals surface area contributed by atoms with Crippen molar-refractivity contribution in [3.63, 3.8) is 0 Å². The van der Waals surface area contributed by atoms with E-state index in [-0.39, 0.29) is 10.6 Å². The molecule has 6 heteroatoms. The second-order valence-corrected chi connectivity index (χ2v) is 12.1. The Hall–Kier alpha value is -0.853. The first-order valence-electron chi connectivity index (χ1n) is 7.36. The number of benzene rings is 1. The number of rotatable bonds is 5. The van der Waals surface area contributed by atoms with E-state index >= 15 is 0 Å². The minimum absolute atomic E-state index is 0.0875. The molecule has 0 heterocycles. The van der Waals surface area contributed by atoms with Crippen LogP contribution in [-0.4, -0.2) is 14.9 Å². The van der Waals surface area contributed by atoms with Crippen LogP contribution in [0.1, 0.15) is 44.9 Å². The summed E-state index contributed by atoms with van der Waals surface area (Å²) in [4.78, 5) is 0. The third-order valence-corrected chi connectivity index (χ3v) is 8.81. The van der Waals surface area contributed by atoms with Crippen molar-refractivity contribution in [2.45, 2.75) is 57.8 Å². The third kappa shape index (κ3) is 4.11. The largest absolute Gasteiger partial charge is 0.410 e. The molecule has 126 valence electrons. The van der Waals surface area contributed by atoms with Crippen LogP contribution in [0.5, 0.6) is 0 Å². The first-order valence-corrected chi connectivity index (χ1v) is 10.3. The lowest BCUT2D eigenvalue weighted by atomic mass is 10.0. The summed E-state index contributed by atoms with van der Waals surface area (Å²) in [6.07, 6.45) is 0. The highest BCUT2D eigenvalue weighted by Crippen LogP contribution is 2.39. The number of hydrogen-bond acceptors (Lipinski definition) is 2. The topological polar surface area (TPSA) is 35.2 Å². The zero-order valence-electron chi connectivity index (χ0n) is 14.1. The van der Waals surface area contributed by atoms with Crippen molar-refractivity contribution in [2.75, 3.05) is 6.61 Å². The third-order valence-electron chi connectivity index (χ3n) is 4.33. The van der Waals surface area contributed by atoms with Gasteiger partial charge in [0.05, 0.1) is 5.56 Å². The molecule has 0 radical (unpaired) electrons. The van der Waals surface area contributed by atoms with Crippen molar-refractivity contribution in [2.24, 2.45) is 5.73 Å². The van der Waals surface area contributed by atoms with Gasteiger partial charge in [-0.05, 0) is 31.1 Å². The molecule has 2 N–H and O–H groups in total. The molecule has 0 unspecified atom stereocenters. The van der Waals surface area contributed by atoms with E-state index in [1.165, 1.54) is 12.1 Å². The lowest BCUT2D eigenvalue weighted by molar-refractivity contribution is -0.0536. The zero-order chi connectivity index (χ0) is 17.3. The van der Waals surface area contributed by atoms with E-state index in [1.807, 2.05) is 33.9 Å². The normalized spacial score (nSPS) is 15.0. The Kier molecular flexibility index (Phi) is 5.53. The van der Waals surface area contributed by atoms with Crippen LogP contribution in [0.4, 0.5) is 13.2 Å². The molecule has 0 fully saturated rings. The highest BCUT2D eigenvalue weighted by molar-refractivity contribution is 6.74. The Morgan fingerprint density at radius 3 is 2.23 bits per heavy atom. The van der Waals surface area contributed by atoms with Crippen LogP contribution in [-0.2, 0) is 10.3 Å². The molecule has 0 saturated heterocycles. The molecule has 0 aliphatic heterocycles. The highest BCUT2D eigenvalue weighted by Gasteiger charge is 2.42. The van der Waals surface area contributed by atoms with Crippen molar-refractivity contribution < 1.29 is 17.6 Å². The molecule has 0 aliphatic rings. The van der Waals surface area contributed by atoms with Gasteiger partial charge >= 0.3 is 0 Å². The monoisotopic (exact) mass is 333 g/mol. The Labute approximate surface area is 132 Å². The van der Waals surface area contributed by atoms with Gasteiger partial charge in [0.15, 0.2) is 8.32 Å². The number of halogens is 3. The molecular formula is C16H26F3NOSi. The molecule has 1 rings (SSSR count). The average Bonchev–Trinajstić information content (AvgIpc) is 2.35. The van der Waals surface area contributed by atoms with Gasteiger partial charge < -0.3 is 10.2 Å². The Morgan fingerprint density at radius 2 is 1.77 bits per heavy atom. The second kappa shape index (κ2) is 6.33. The van der Waals surface area contributed by atoms with Gasteiger partial charge in [-0.1, -0.05) is 32.9 Å². The summed E-state index contributed by atoms with van der Waals surface area (Å²) in [6.45, 7) is 10.4. The van der Waals surface area contributed by atoms with Crippen molar-refractivity contribution in [1.29, 1.82) is 0 Å². The van der Waals surface area contributed by atoms with Gasteiger partial charge in [-0.15, -0.1) is 0 Å². The zero-order valence-corrected chi connectivity index (χ0v) is 15.1. The van der Waals surface area contributed by atoms with E-state index in [0.29, 0.717) is 0 Å². The quantitative estimate of drug-likeness (QED) is 0.773. The van der Waals surface area contributed by atoms with Crippen LogP contribution in [0.2, 0.25) is 18.1 Å².